The number of aromatic nitrogens is 6. The lowest BCUT2D eigenvalue weighted by Gasteiger charge is -2.34. The summed E-state index contributed by atoms with van der Waals surface area (Å²) >= 11 is 12.4. The maximum absolute atomic E-state index is 13.8. The van der Waals surface area contributed by atoms with Crippen LogP contribution >= 0.6 is 23.2 Å². The Bertz CT molecular complexity index is 1710. The van der Waals surface area contributed by atoms with Crippen molar-refractivity contribution >= 4 is 46.3 Å². The van der Waals surface area contributed by atoms with Crippen molar-refractivity contribution in [3.05, 3.63) is 76.4 Å². The molecule has 2 aliphatic rings. The third kappa shape index (κ3) is 5.93. The van der Waals surface area contributed by atoms with Crippen molar-refractivity contribution in [1.29, 1.82) is 0 Å². The van der Waals surface area contributed by atoms with Gasteiger partial charge in [-0.3, -0.25) is 19.3 Å². The Morgan fingerprint density at radius 3 is 2.77 bits per heavy atom. The zero-order chi connectivity index (χ0) is 30.1. The summed E-state index contributed by atoms with van der Waals surface area (Å²) in [5.41, 5.74) is 5.15. The van der Waals surface area contributed by atoms with Crippen LogP contribution in [0.25, 0.3) is 22.5 Å². The van der Waals surface area contributed by atoms with E-state index in [-0.39, 0.29) is 42.1 Å². The maximum Gasteiger partial charge on any atom is 0.247 e. The van der Waals surface area contributed by atoms with Crippen LogP contribution in [-0.2, 0) is 16.1 Å². The van der Waals surface area contributed by atoms with Gasteiger partial charge in [-0.15, -0.1) is 5.10 Å². The monoisotopic (exact) mass is 620 g/mol. The average molecular weight is 622 g/mol. The lowest BCUT2D eigenvalue weighted by molar-refractivity contribution is -0.129. The number of hydrogen-bond acceptors (Lipinski definition) is 7. The molecule has 43 heavy (non-hydrogen) atoms. The Kier molecular flexibility index (Phi) is 8.29. The number of aliphatic hydroxyl groups is 1. The number of nitrogens with one attached hydrogen (secondary N) is 1. The highest BCUT2D eigenvalue weighted by molar-refractivity contribution is 6.31. The number of aliphatic hydroxyl groups excluding tert-OH is 1. The lowest BCUT2D eigenvalue weighted by Crippen LogP contribution is -2.38. The first kappa shape index (κ1) is 29.0. The number of pyridine rings is 1. The Hall–Kier alpha value is -4.06. The van der Waals surface area contributed by atoms with Crippen molar-refractivity contribution in [2.75, 3.05) is 18.5 Å². The molecule has 0 aliphatic carbocycles. The first-order chi connectivity index (χ1) is 20.8. The van der Waals surface area contributed by atoms with Gasteiger partial charge in [0.1, 0.15) is 0 Å². The number of fused-ring (bicyclic) bond motifs is 4. The zero-order valence-corrected chi connectivity index (χ0v) is 25.0. The molecule has 0 saturated carbocycles. The molecule has 0 unspecified atom stereocenters. The summed E-state index contributed by atoms with van der Waals surface area (Å²) in [5.74, 6) is -0.468. The fourth-order valence-corrected chi connectivity index (χ4v) is 6.09. The van der Waals surface area contributed by atoms with Crippen molar-refractivity contribution in [2.24, 2.45) is 5.92 Å². The van der Waals surface area contributed by atoms with Crippen molar-refractivity contribution in [3.63, 3.8) is 0 Å². The van der Waals surface area contributed by atoms with Gasteiger partial charge in [-0.2, -0.15) is 5.10 Å². The molecule has 3 aromatic heterocycles. The van der Waals surface area contributed by atoms with Crippen molar-refractivity contribution in [3.8, 4) is 16.9 Å². The van der Waals surface area contributed by atoms with E-state index in [9.17, 15) is 14.7 Å². The number of rotatable bonds is 5. The van der Waals surface area contributed by atoms with E-state index in [2.05, 4.69) is 20.7 Å². The molecule has 0 fully saturated rings. The van der Waals surface area contributed by atoms with Crippen LogP contribution in [-0.4, -0.2) is 64.7 Å². The van der Waals surface area contributed by atoms with E-state index in [0.717, 1.165) is 34.5 Å². The summed E-state index contributed by atoms with van der Waals surface area (Å²) in [5, 5.41) is 25.8. The molecule has 2 atom stereocenters. The van der Waals surface area contributed by atoms with Gasteiger partial charge in [0.05, 0.1) is 54.3 Å². The normalized spacial score (nSPS) is 19.3. The topological polar surface area (TPSA) is 131 Å². The van der Waals surface area contributed by atoms with E-state index in [1.807, 2.05) is 36.1 Å². The minimum Gasteiger partial charge on any atom is -0.394 e. The SMILES string of the molecule is C[C@@H]1CCC[C@H](N2CCC(c3cc(Cl)ccc3-n3cc(Cl)nn3)=CC2=O)c2cc(ccn2)-c2c(cnn2CCO)NC1=O. The second-order valence-corrected chi connectivity index (χ2v) is 11.6. The highest BCUT2D eigenvalue weighted by Gasteiger charge is 2.31. The first-order valence-corrected chi connectivity index (χ1v) is 14.9. The lowest BCUT2D eigenvalue weighted by atomic mass is 9.93. The molecule has 4 aromatic rings. The van der Waals surface area contributed by atoms with Crippen LogP contribution in [0.5, 0.6) is 0 Å². The minimum atomic E-state index is -0.300. The molecule has 1 aromatic carbocycles. The summed E-state index contributed by atoms with van der Waals surface area (Å²) < 4.78 is 3.24. The van der Waals surface area contributed by atoms with Gasteiger partial charge in [0.15, 0.2) is 5.15 Å². The quantitative estimate of drug-likeness (QED) is 0.323. The number of anilines is 1. The zero-order valence-electron chi connectivity index (χ0n) is 23.5. The van der Waals surface area contributed by atoms with E-state index in [0.29, 0.717) is 42.2 Å². The summed E-state index contributed by atoms with van der Waals surface area (Å²) in [7, 11) is 0. The smallest absolute Gasteiger partial charge is 0.247 e. The third-order valence-electron chi connectivity index (χ3n) is 7.96. The third-order valence-corrected chi connectivity index (χ3v) is 8.37. The number of carbonyl (C=O) groups excluding carboxylic acids is 2. The molecule has 0 radical (unpaired) electrons. The number of hydrogen-bond donors (Lipinski definition) is 2. The number of benzene rings is 1. The van der Waals surface area contributed by atoms with E-state index in [1.165, 1.54) is 0 Å². The fourth-order valence-electron chi connectivity index (χ4n) is 5.79. The van der Waals surface area contributed by atoms with Crippen LogP contribution in [0.2, 0.25) is 10.2 Å². The fraction of sp³-hybridized carbons (Fsp3) is 0.333. The molecule has 6 rings (SSSR count). The van der Waals surface area contributed by atoms with Crippen molar-refractivity contribution in [2.45, 2.75) is 45.2 Å². The highest BCUT2D eigenvalue weighted by Crippen LogP contribution is 2.37. The summed E-state index contributed by atoms with van der Waals surface area (Å²) in [6, 6.07) is 8.91. The first-order valence-electron chi connectivity index (χ1n) is 14.2. The van der Waals surface area contributed by atoms with Crippen LogP contribution in [0.3, 0.4) is 0 Å². The van der Waals surface area contributed by atoms with Gasteiger partial charge in [0.25, 0.3) is 0 Å². The number of carbonyl (C=O) groups is 2. The molecule has 5 heterocycles. The van der Waals surface area contributed by atoms with Gasteiger partial charge >= 0.3 is 0 Å². The molecule has 11 nitrogen and oxygen atoms in total. The second-order valence-electron chi connectivity index (χ2n) is 10.8. The number of nitrogens with zero attached hydrogens (tertiary/aromatic N) is 7. The molecule has 222 valence electrons. The van der Waals surface area contributed by atoms with E-state index in [1.54, 1.807) is 40.1 Å². The number of halogens is 2. The van der Waals surface area contributed by atoms with Crippen molar-refractivity contribution < 1.29 is 14.7 Å². The molecular formula is C30H30Cl2N8O3. The standard InChI is InChI=1S/C30H30Cl2N8O3/c1-18-3-2-4-26(23-13-20(7-9-33-23)29-24(35-30(18)43)16-34-39(29)11-12-41)38-10-8-19(14-28(38)42)22-15-21(31)5-6-25(22)40-17-27(32)36-37-40/h5-7,9,13-18,26,41H,2-4,8,10-12H2,1H3,(H,35,43)/t18-,26+/m1/s1. The Morgan fingerprint density at radius 2 is 2.00 bits per heavy atom. The van der Waals surface area contributed by atoms with E-state index < -0.39 is 0 Å². The Labute approximate surface area is 258 Å². The predicted octanol–water partition coefficient (Wildman–Crippen LogP) is 4.94. The largest absolute Gasteiger partial charge is 0.394 e. The van der Waals surface area contributed by atoms with Gasteiger partial charge in [-0.25, -0.2) is 4.68 Å². The molecule has 2 amide bonds. The van der Waals surface area contributed by atoms with Crippen LogP contribution in [0.1, 0.15) is 49.9 Å². The molecule has 2 N–H and O–H groups in total. The summed E-state index contributed by atoms with van der Waals surface area (Å²) in [4.78, 5) is 33.4. The maximum atomic E-state index is 13.8. The van der Waals surface area contributed by atoms with Gasteiger partial charge in [0.2, 0.25) is 11.8 Å². The molecule has 2 bridgehead atoms. The van der Waals surface area contributed by atoms with Gasteiger partial charge in [-0.1, -0.05) is 41.8 Å². The van der Waals surface area contributed by atoms with Gasteiger partial charge in [-0.05, 0) is 55.2 Å². The Morgan fingerprint density at radius 1 is 1.14 bits per heavy atom. The molecule has 13 heteroatoms. The summed E-state index contributed by atoms with van der Waals surface area (Å²) in [6.07, 6.45) is 9.19. The van der Waals surface area contributed by atoms with E-state index >= 15 is 0 Å². The van der Waals surface area contributed by atoms with Crippen LogP contribution in [0.15, 0.2) is 55.0 Å². The molecular weight excluding hydrogens is 591 g/mol. The van der Waals surface area contributed by atoms with Crippen LogP contribution in [0, 0.1) is 5.92 Å². The Balaban J connectivity index is 1.37. The highest BCUT2D eigenvalue weighted by atomic mass is 35.5. The van der Waals surface area contributed by atoms with Crippen LogP contribution in [0.4, 0.5) is 5.69 Å². The molecule has 0 saturated heterocycles. The average Bonchev–Trinajstić information content (AvgIpc) is 3.61. The van der Waals surface area contributed by atoms with Gasteiger partial charge in [0, 0.05) is 40.9 Å². The molecule has 0 spiro atoms. The second kappa shape index (κ2) is 12.3. The molecule has 2 aliphatic heterocycles. The predicted molar refractivity (Wildman–Crippen MR) is 163 cm³/mol. The van der Waals surface area contributed by atoms with Crippen LogP contribution < -0.4 is 5.32 Å². The number of amides is 2. The minimum absolute atomic E-state index is 0.0937. The van der Waals surface area contributed by atoms with Crippen molar-refractivity contribution in [1.82, 2.24) is 34.7 Å². The summed E-state index contributed by atoms with van der Waals surface area (Å²) in [6.45, 7) is 2.53. The van der Waals surface area contributed by atoms with Gasteiger partial charge < -0.3 is 15.3 Å². The van der Waals surface area contributed by atoms with E-state index in [4.69, 9.17) is 28.2 Å².